The Morgan fingerprint density at radius 2 is 1.85 bits per heavy atom. The van der Waals surface area contributed by atoms with E-state index in [0.29, 0.717) is 9.93 Å². The number of halogens is 1. The second kappa shape index (κ2) is 8.03. The molecule has 2 aromatic carbocycles. The molecule has 26 heavy (non-hydrogen) atoms. The summed E-state index contributed by atoms with van der Waals surface area (Å²) >= 11 is 12.2. The number of benzene rings is 2. The lowest BCUT2D eigenvalue weighted by molar-refractivity contribution is -0.310. The maximum atomic E-state index is 12.8. The molecule has 0 N–H and O–H groups in total. The van der Waals surface area contributed by atoms with Crippen LogP contribution in [0.4, 0.5) is 0 Å². The normalized spacial score (nSPS) is 17.0. The zero-order valence-corrected chi connectivity index (χ0v) is 15.8. The van der Waals surface area contributed by atoms with Crippen LogP contribution in [0.1, 0.15) is 11.1 Å². The molecule has 4 nitrogen and oxygen atoms in total. The predicted octanol–water partition coefficient (Wildman–Crippen LogP) is 2.90. The van der Waals surface area contributed by atoms with E-state index in [9.17, 15) is 14.7 Å². The van der Waals surface area contributed by atoms with Gasteiger partial charge >= 0.3 is 0 Å². The molecule has 2 aromatic rings. The van der Waals surface area contributed by atoms with E-state index in [2.05, 4.69) is 0 Å². The third-order valence-electron chi connectivity index (χ3n) is 3.85. The van der Waals surface area contributed by atoms with Gasteiger partial charge in [0.25, 0.3) is 5.91 Å². The van der Waals surface area contributed by atoms with Gasteiger partial charge in [-0.3, -0.25) is 9.69 Å². The van der Waals surface area contributed by atoms with Crippen molar-refractivity contribution in [3.05, 3.63) is 75.7 Å². The summed E-state index contributed by atoms with van der Waals surface area (Å²) in [5, 5.41) is 12.3. The molecule has 1 heterocycles. The summed E-state index contributed by atoms with van der Waals surface area (Å²) in [6.45, 7) is 0. The zero-order chi connectivity index (χ0) is 18.7. The second-order valence-corrected chi connectivity index (χ2v) is 7.74. The number of hydrogen-bond donors (Lipinski definition) is 0. The number of nitrogens with zero attached hydrogens (tertiary/aromatic N) is 1. The lowest BCUT2D eigenvalue weighted by Crippen LogP contribution is -2.51. The summed E-state index contributed by atoms with van der Waals surface area (Å²) < 4.78 is 0.209. The highest BCUT2D eigenvalue weighted by Gasteiger charge is 2.37. The number of carbonyl (C=O) groups excluding carboxylic acids is 2. The van der Waals surface area contributed by atoms with Crippen molar-refractivity contribution in [1.29, 1.82) is 0 Å². The number of carbonyl (C=O) groups is 2. The van der Waals surface area contributed by atoms with Crippen LogP contribution in [0.15, 0.2) is 59.5 Å². The molecule has 0 aliphatic carbocycles. The van der Waals surface area contributed by atoms with Crippen LogP contribution in [0.3, 0.4) is 0 Å². The molecule has 1 amide bonds. The Balaban J connectivity index is 1.86. The molecule has 1 saturated heterocycles. The highest BCUT2D eigenvalue weighted by Crippen LogP contribution is 2.34. The van der Waals surface area contributed by atoms with Crippen molar-refractivity contribution in [3.63, 3.8) is 0 Å². The Bertz CT molecular complexity index is 881. The lowest BCUT2D eigenvalue weighted by atomic mass is 10.0. The molecular weight excluding hydrogens is 390 g/mol. The molecule has 0 saturated carbocycles. The number of thiocarbonyl (C=S) groups is 1. The van der Waals surface area contributed by atoms with Gasteiger partial charge in [-0.15, -0.1) is 0 Å². The van der Waals surface area contributed by atoms with E-state index >= 15 is 0 Å². The van der Waals surface area contributed by atoms with Crippen molar-refractivity contribution in [2.24, 2.45) is 0 Å². The fraction of sp³-hybridized carbons (Fsp3) is 0.105. The fourth-order valence-electron chi connectivity index (χ4n) is 2.58. The Labute approximate surface area is 165 Å². The maximum Gasteiger partial charge on any atom is 0.266 e. The van der Waals surface area contributed by atoms with E-state index < -0.39 is 17.9 Å². The minimum Gasteiger partial charge on any atom is -0.548 e. The lowest BCUT2D eigenvalue weighted by Gasteiger charge is -2.27. The minimum atomic E-state index is -1.34. The average molecular weight is 403 g/mol. The number of thioether (sulfide) groups is 1. The van der Waals surface area contributed by atoms with Crippen LogP contribution in [0.5, 0.6) is 0 Å². The first-order valence-electron chi connectivity index (χ1n) is 7.73. The Morgan fingerprint density at radius 3 is 2.46 bits per heavy atom. The van der Waals surface area contributed by atoms with Crippen LogP contribution < -0.4 is 5.11 Å². The second-order valence-electron chi connectivity index (χ2n) is 5.63. The number of amides is 1. The van der Waals surface area contributed by atoms with Crippen LogP contribution in [-0.2, 0) is 16.0 Å². The number of rotatable bonds is 5. The Morgan fingerprint density at radius 1 is 1.19 bits per heavy atom. The van der Waals surface area contributed by atoms with Crippen LogP contribution in [0, 0.1) is 0 Å². The van der Waals surface area contributed by atoms with E-state index in [0.717, 1.165) is 27.8 Å². The summed E-state index contributed by atoms with van der Waals surface area (Å²) in [7, 11) is 0. The molecule has 3 rings (SSSR count). The van der Waals surface area contributed by atoms with Gasteiger partial charge < -0.3 is 9.90 Å². The summed E-state index contributed by atoms with van der Waals surface area (Å²) in [5.41, 5.74) is 1.57. The third-order valence-corrected chi connectivity index (χ3v) is 5.43. The highest BCUT2D eigenvalue weighted by molar-refractivity contribution is 8.26. The van der Waals surface area contributed by atoms with Gasteiger partial charge in [0.15, 0.2) is 0 Å². The Hall–Kier alpha value is -2.15. The molecule has 0 aromatic heterocycles. The van der Waals surface area contributed by atoms with Crippen molar-refractivity contribution >= 4 is 57.9 Å². The van der Waals surface area contributed by atoms with Crippen molar-refractivity contribution < 1.29 is 14.7 Å². The summed E-state index contributed by atoms with van der Waals surface area (Å²) in [6, 6.07) is 14.9. The first-order valence-corrected chi connectivity index (χ1v) is 9.33. The largest absolute Gasteiger partial charge is 0.548 e. The number of aliphatic carboxylic acids is 1. The van der Waals surface area contributed by atoms with Crippen LogP contribution in [0.2, 0.25) is 5.02 Å². The molecule has 1 atom stereocenters. The SMILES string of the molecule is O=C([O-])[C@@H](Cc1ccccc1)N1C(=O)/C(=C\c2ccc(Cl)cc2)SC1=S. The molecule has 1 aliphatic rings. The van der Waals surface area contributed by atoms with Gasteiger partial charge in [0, 0.05) is 5.02 Å². The predicted molar refractivity (Wildman–Crippen MR) is 105 cm³/mol. The summed E-state index contributed by atoms with van der Waals surface area (Å²) in [4.78, 5) is 25.9. The van der Waals surface area contributed by atoms with Gasteiger partial charge in [0.05, 0.1) is 16.9 Å². The minimum absolute atomic E-state index is 0.129. The van der Waals surface area contributed by atoms with Crippen LogP contribution >= 0.6 is 35.6 Å². The molecular formula is C19H13ClNO3S2-. The molecule has 0 unspecified atom stereocenters. The first kappa shape index (κ1) is 18.6. The molecule has 7 heteroatoms. The molecule has 1 aliphatic heterocycles. The standard InChI is InChI=1S/C19H14ClNO3S2/c20-14-8-6-13(7-9-14)11-16-17(22)21(19(25)26-16)15(18(23)24)10-12-4-2-1-3-5-12/h1-9,11,15H,10H2,(H,23,24)/p-1/b16-11+/t15-/m1/s1. The van der Waals surface area contributed by atoms with Crippen molar-refractivity contribution in [3.8, 4) is 0 Å². The number of carboxylic acid groups (broad SMARTS) is 1. The first-order chi connectivity index (χ1) is 12.5. The van der Waals surface area contributed by atoms with Crippen molar-refractivity contribution in [1.82, 2.24) is 4.90 Å². The molecule has 0 radical (unpaired) electrons. The quantitative estimate of drug-likeness (QED) is 0.568. The molecule has 0 bridgehead atoms. The summed E-state index contributed by atoms with van der Waals surface area (Å²) in [5.74, 6) is -1.77. The van der Waals surface area contributed by atoms with Crippen LogP contribution in [0.25, 0.3) is 6.08 Å². The van der Waals surface area contributed by atoms with Gasteiger partial charge in [0.1, 0.15) is 4.32 Å². The summed E-state index contributed by atoms with van der Waals surface area (Å²) in [6.07, 6.45) is 1.80. The molecule has 0 spiro atoms. The van der Waals surface area contributed by atoms with E-state index in [4.69, 9.17) is 23.8 Å². The van der Waals surface area contributed by atoms with E-state index in [1.807, 2.05) is 18.2 Å². The average Bonchev–Trinajstić information content (AvgIpc) is 2.89. The monoisotopic (exact) mass is 402 g/mol. The zero-order valence-electron chi connectivity index (χ0n) is 13.4. The van der Waals surface area contributed by atoms with E-state index in [1.54, 1.807) is 42.5 Å². The smallest absolute Gasteiger partial charge is 0.266 e. The van der Waals surface area contributed by atoms with Crippen LogP contribution in [-0.4, -0.2) is 27.1 Å². The van der Waals surface area contributed by atoms with E-state index in [-0.39, 0.29) is 10.7 Å². The maximum absolute atomic E-state index is 12.8. The van der Waals surface area contributed by atoms with Gasteiger partial charge in [-0.25, -0.2) is 0 Å². The number of hydrogen-bond acceptors (Lipinski definition) is 5. The van der Waals surface area contributed by atoms with Crippen molar-refractivity contribution in [2.75, 3.05) is 0 Å². The van der Waals surface area contributed by atoms with Crippen molar-refractivity contribution in [2.45, 2.75) is 12.5 Å². The molecule has 132 valence electrons. The topological polar surface area (TPSA) is 60.4 Å². The van der Waals surface area contributed by atoms with Gasteiger partial charge in [-0.05, 0) is 35.8 Å². The molecule has 1 fully saturated rings. The van der Waals surface area contributed by atoms with Gasteiger partial charge in [-0.1, -0.05) is 78.0 Å². The number of carboxylic acids is 1. The Kier molecular flexibility index (Phi) is 5.76. The van der Waals surface area contributed by atoms with E-state index in [1.165, 1.54) is 0 Å². The van der Waals surface area contributed by atoms with Gasteiger partial charge in [-0.2, -0.15) is 0 Å². The third kappa shape index (κ3) is 4.15. The van der Waals surface area contributed by atoms with Gasteiger partial charge in [0.2, 0.25) is 0 Å². The fourth-order valence-corrected chi connectivity index (χ4v) is 4.06. The highest BCUT2D eigenvalue weighted by atomic mass is 35.5.